The first-order chi connectivity index (χ1) is 19.9. The number of nitrogens with zero attached hydrogens (tertiary/aromatic N) is 2. The van der Waals surface area contributed by atoms with Crippen molar-refractivity contribution in [2.45, 2.75) is 70.0 Å². The van der Waals surface area contributed by atoms with Crippen LogP contribution in [0.1, 0.15) is 49.3 Å². The Morgan fingerprint density at radius 1 is 0.952 bits per heavy atom. The summed E-state index contributed by atoms with van der Waals surface area (Å²) < 4.78 is 29.2. The van der Waals surface area contributed by atoms with E-state index in [1.54, 1.807) is 56.3 Å². The number of anilines is 1. The highest BCUT2D eigenvalue weighted by molar-refractivity contribution is 7.92. The standard InChI is InChI=1S/C31H34Cl3N3O4S/c1-20-11-15-25(16-12-20)42(40,41)37(29-17-23(32)14-13-21(29)2)19-30(38)36(18-26-27(33)9-6-10-28(26)34)22(3)31(39)35-24-7-4-5-8-24/h6,9-17,22,24H,4-5,7-8,18-19H2,1-3H3,(H,35,39). The van der Waals surface area contributed by atoms with Crippen LogP contribution >= 0.6 is 34.8 Å². The van der Waals surface area contributed by atoms with Gasteiger partial charge in [0.25, 0.3) is 10.0 Å². The molecule has 0 aromatic heterocycles. The molecule has 2 amide bonds. The highest BCUT2D eigenvalue weighted by atomic mass is 35.5. The molecule has 0 saturated heterocycles. The Morgan fingerprint density at radius 2 is 1.57 bits per heavy atom. The molecular formula is C31H34Cl3N3O4S. The van der Waals surface area contributed by atoms with Crippen molar-refractivity contribution in [3.8, 4) is 0 Å². The molecule has 0 heterocycles. The number of aryl methyl sites for hydroxylation is 2. The molecule has 1 saturated carbocycles. The van der Waals surface area contributed by atoms with Crippen molar-refractivity contribution in [2.75, 3.05) is 10.8 Å². The fraction of sp³-hybridized carbons (Fsp3) is 0.355. The van der Waals surface area contributed by atoms with Gasteiger partial charge in [-0.25, -0.2) is 8.42 Å². The van der Waals surface area contributed by atoms with Gasteiger partial charge in [-0.1, -0.05) is 77.5 Å². The van der Waals surface area contributed by atoms with Gasteiger partial charge < -0.3 is 10.2 Å². The number of carbonyl (C=O) groups excluding carboxylic acids is 2. The van der Waals surface area contributed by atoms with Gasteiger partial charge in [-0.3, -0.25) is 13.9 Å². The molecule has 11 heteroatoms. The summed E-state index contributed by atoms with van der Waals surface area (Å²) in [6, 6.07) is 15.3. The SMILES string of the molecule is Cc1ccc(S(=O)(=O)N(CC(=O)N(Cc2c(Cl)cccc2Cl)C(C)C(=O)NC2CCCC2)c2cc(Cl)ccc2C)cc1. The van der Waals surface area contributed by atoms with Gasteiger partial charge in [0.1, 0.15) is 12.6 Å². The summed E-state index contributed by atoms with van der Waals surface area (Å²) in [7, 11) is -4.22. The van der Waals surface area contributed by atoms with Crippen molar-refractivity contribution in [1.82, 2.24) is 10.2 Å². The number of benzene rings is 3. The van der Waals surface area contributed by atoms with Crippen molar-refractivity contribution in [3.63, 3.8) is 0 Å². The number of hydrogen-bond acceptors (Lipinski definition) is 4. The third-order valence-corrected chi connectivity index (χ3v) is 10.3. The summed E-state index contributed by atoms with van der Waals surface area (Å²) in [5.41, 5.74) is 2.22. The maximum Gasteiger partial charge on any atom is 0.264 e. The van der Waals surface area contributed by atoms with Crippen LogP contribution in [-0.4, -0.2) is 43.8 Å². The first kappa shape index (κ1) is 32.1. The minimum atomic E-state index is -4.22. The molecule has 3 aromatic rings. The van der Waals surface area contributed by atoms with E-state index in [2.05, 4.69) is 5.32 Å². The predicted molar refractivity (Wildman–Crippen MR) is 169 cm³/mol. The van der Waals surface area contributed by atoms with Gasteiger partial charge in [-0.05, 0) is 75.6 Å². The molecule has 1 aliphatic rings. The predicted octanol–water partition coefficient (Wildman–Crippen LogP) is 6.94. The number of carbonyl (C=O) groups is 2. The molecule has 4 rings (SSSR count). The van der Waals surface area contributed by atoms with Crippen molar-refractivity contribution in [2.24, 2.45) is 0 Å². The Balaban J connectivity index is 1.75. The maximum atomic E-state index is 14.2. The first-order valence-electron chi connectivity index (χ1n) is 13.8. The van der Waals surface area contributed by atoms with Crippen molar-refractivity contribution in [3.05, 3.63) is 92.4 Å². The smallest absolute Gasteiger partial charge is 0.264 e. The molecule has 0 bridgehead atoms. The largest absolute Gasteiger partial charge is 0.352 e. The molecule has 0 radical (unpaired) electrons. The van der Waals surface area contributed by atoms with E-state index in [0.29, 0.717) is 26.2 Å². The topological polar surface area (TPSA) is 86.8 Å². The van der Waals surface area contributed by atoms with E-state index in [-0.39, 0.29) is 29.1 Å². The molecule has 1 atom stereocenters. The summed E-state index contributed by atoms with van der Waals surface area (Å²) in [5.74, 6) is -0.930. The van der Waals surface area contributed by atoms with Gasteiger partial charge in [0.2, 0.25) is 11.8 Å². The fourth-order valence-corrected chi connectivity index (χ4v) is 7.18. The number of amides is 2. The van der Waals surface area contributed by atoms with Crippen molar-refractivity contribution >= 4 is 62.3 Å². The third kappa shape index (κ3) is 7.40. The van der Waals surface area contributed by atoms with E-state index >= 15 is 0 Å². The number of halogens is 3. The van der Waals surface area contributed by atoms with E-state index in [9.17, 15) is 18.0 Å². The monoisotopic (exact) mass is 649 g/mol. The fourth-order valence-electron chi connectivity index (χ4n) is 5.03. The zero-order valence-electron chi connectivity index (χ0n) is 23.7. The number of hydrogen-bond donors (Lipinski definition) is 1. The lowest BCUT2D eigenvalue weighted by molar-refractivity contribution is -0.139. The zero-order chi connectivity index (χ0) is 30.6. The van der Waals surface area contributed by atoms with Crippen LogP contribution in [0.25, 0.3) is 0 Å². The second-order valence-electron chi connectivity index (χ2n) is 10.6. The molecule has 0 aliphatic heterocycles. The second-order valence-corrected chi connectivity index (χ2v) is 13.8. The highest BCUT2D eigenvalue weighted by Crippen LogP contribution is 2.31. The van der Waals surface area contributed by atoms with Crippen LogP contribution in [0.5, 0.6) is 0 Å². The molecule has 42 heavy (non-hydrogen) atoms. The third-order valence-electron chi connectivity index (χ3n) is 7.59. The lowest BCUT2D eigenvalue weighted by Gasteiger charge is -2.33. The van der Waals surface area contributed by atoms with Crippen LogP contribution in [0.4, 0.5) is 5.69 Å². The molecule has 3 aromatic carbocycles. The number of nitrogens with one attached hydrogen (secondary N) is 1. The molecule has 1 aliphatic carbocycles. The molecular weight excluding hydrogens is 617 g/mol. The van der Waals surface area contributed by atoms with Gasteiger partial charge in [0, 0.05) is 33.2 Å². The van der Waals surface area contributed by atoms with Gasteiger partial charge in [-0.2, -0.15) is 0 Å². The van der Waals surface area contributed by atoms with Gasteiger partial charge in [0.05, 0.1) is 10.6 Å². The summed E-state index contributed by atoms with van der Waals surface area (Å²) >= 11 is 19.2. The summed E-state index contributed by atoms with van der Waals surface area (Å²) in [6.45, 7) is 4.54. The van der Waals surface area contributed by atoms with Crippen LogP contribution < -0.4 is 9.62 Å². The quantitative estimate of drug-likeness (QED) is 0.258. The molecule has 1 fully saturated rings. The van der Waals surface area contributed by atoms with Gasteiger partial charge in [0.15, 0.2) is 0 Å². The lowest BCUT2D eigenvalue weighted by atomic mass is 10.1. The zero-order valence-corrected chi connectivity index (χ0v) is 26.8. The summed E-state index contributed by atoms with van der Waals surface area (Å²) in [6.07, 6.45) is 3.81. The van der Waals surface area contributed by atoms with E-state index in [0.717, 1.165) is 35.6 Å². The van der Waals surface area contributed by atoms with Gasteiger partial charge in [-0.15, -0.1) is 0 Å². The van der Waals surface area contributed by atoms with Gasteiger partial charge >= 0.3 is 0 Å². The Hall–Kier alpha value is -2.78. The Morgan fingerprint density at radius 3 is 2.19 bits per heavy atom. The summed E-state index contributed by atoms with van der Waals surface area (Å²) in [5, 5.41) is 4.02. The average Bonchev–Trinajstić information content (AvgIpc) is 3.46. The van der Waals surface area contributed by atoms with Crippen LogP contribution in [0.3, 0.4) is 0 Å². The molecule has 1 N–H and O–H groups in total. The second kappa shape index (κ2) is 13.7. The molecule has 7 nitrogen and oxygen atoms in total. The van der Waals surface area contributed by atoms with Crippen LogP contribution in [0.2, 0.25) is 15.1 Å². The van der Waals surface area contributed by atoms with Crippen molar-refractivity contribution in [1.29, 1.82) is 0 Å². The highest BCUT2D eigenvalue weighted by Gasteiger charge is 2.34. The minimum Gasteiger partial charge on any atom is -0.352 e. The number of sulfonamides is 1. The van der Waals surface area contributed by atoms with E-state index < -0.39 is 28.5 Å². The molecule has 224 valence electrons. The molecule has 0 spiro atoms. The van der Waals surface area contributed by atoms with E-state index in [1.165, 1.54) is 23.1 Å². The Kier molecular flexibility index (Phi) is 10.5. The molecule has 1 unspecified atom stereocenters. The van der Waals surface area contributed by atoms with Crippen molar-refractivity contribution < 1.29 is 18.0 Å². The Bertz CT molecular complexity index is 1540. The normalized spacial score (nSPS) is 14.4. The van der Waals surface area contributed by atoms with E-state index in [4.69, 9.17) is 34.8 Å². The average molecular weight is 651 g/mol. The minimum absolute atomic E-state index is 0.0213. The first-order valence-corrected chi connectivity index (χ1v) is 16.3. The summed E-state index contributed by atoms with van der Waals surface area (Å²) in [4.78, 5) is 28.9. The Labute approximate surface area is 262 Å². The number of rotatable bonds is 10. The lowest BCUT2D eigenvalue weighted by Crippen LogP contribution is -2.52. The van der Waals surface area contributed by atoms with Crippen LogP contribution in [-0.2, 0) is 26.2 Å². The van der Waals surface area contributed by atoms with Crippen LogP contribution in [0.15, 0.2) is 65.6 Å². The van der Waals surface area contributed by atoms with Crippen LogP contribution in [0, 0.1) is 13.8 Å². The van der Waals surface area contributed by atoms with E-state index in [1.807, 2.05) is 6.92 Å². The maximum absolute atomic E-state index is 14.2.